The number of hydroxylamine groups is 1. The Kier molecular flexibility index (Phi) is 5.29. The number of carbonyl (C=O) groups excluding carboxylic acids is 1. The van der Waals surface area contributed by atoms with E-state index in [9.17, 15) is 14.8 Å². The van der Waals surface area contributed by atoms with E-state index in [-0.39, 0.29) is 12.3 Å². The van der Waals surface area contributed by atoms with E-state index in [0.29, 0.717) is 11.3 Å². The van der Waals surface area contributed by atoms with Gasteiger partial charge in [-0.3, -0.25) is 10.0 Å². The molecule has 0 aliphatic rings. The zero-order valence-electron chi connectivity index (χ0n) is 12.1. The molecule has 0 spiro atoms. The largest absolute Gasteiger partial charge is 0.480 e. The second-order valence-electron chi connectivity index (χ2n) is 4.75. The molecule has 2 rings (SSSR count). The summed E-state index contributed by atoms with van der Waals surface area (Å²) in [6.45, 7) is -0.347. The van der Waals surface area contributed by atoms with Crippen LogP contribution in [0.15, 0.2) is 54.6 Å². The number of carboxylic acids is 1. The fourth-order valence-corrected chi connectivity index (χ4v) is 1.86. The maximum atomic E-state index is 11.8. The van der Waals surface area contributed by atoms with Crippen molar-refractivity contribution in [2.45, 2.75) is 6.04 Å². The molecule has 0 heterocycles. The van der Waals surface area contributed by atoms with Gasteiger partial charge in [0, 0.05) is 0 Å². The molecule has 0 saturated carbocycles. The lowest BCUT2D eigenvalue weighted by Crippen LogP contribution is -2.29. The predicted octanol–water partition coefficient (Wildman–Crippen LogP) is 1.57. The first-order valence-corrected chi connectivity index (χ1v) is 6.78. The summed E-state index contributed by atoms with van der Waals surface area (Å²) < 4.78 is 5.07. The molecular formula is C16H16N2O5. The maximum absolute atomic E-state index is 11.8. The molecule has 0 radical (unpaired) electrons. The zero-order chi connectivity index (χ0) is 16.8. The number of benzene rings is 2. The third-order valence-electron chi connectivity index (χ3n) is 3.07. The Hall–Kier alpha value is -2.90. The smallest absolute Gasteiger partial charge is 0.333 e. The van der Waals surface area contributed by atoms with Crippen LogP contribution in [0, 0.1) is 0 Å². The molecule has 23 heavy (non-hydrogen) atoms. The van der Waals surface area contributed by atoms with Gasteiger partial charge in [-0.2, -0.15) is 0 Å². The lowest BCUT2D eigenvalue weighted by molar-refractivity contribution is -0.138. The second-order valence-corrected chi connectivity index (χ2v) is 4.75. The van der Waals surface area contributed by atoms with Crippen molar-refractivity contribution in [3.05, 3.63) is 60.2 Å². The Morgan fingerprint density at radius 3 is 2.26 bits per heavy atom. The van der Waals surface area contributed by atoms with E-state index in [0.717, 1.165) is 5.06 Å². The van der Waals surface area contributed by atoms with Crippen molar-refractivity contribution in [3.8, 4) is 5.75 Å². The summed E-state index contributed by atoms with van der Waals surface area (Å²) in [6, 6.07) is 13.2. The molecule has 0 bridgehead atoms. The Morgan fingerprint density at radius 2 is 1.70 bits per heavy atom. The normalized spacial score (nSPS) is 11.6. The average Bonchev–Trinajstić information content (AvgIpc) is 2.55. The predicted molar refractivity (Wildman–Crippen MR) is 82.2 cm³/mol. The summed E-state index contributed by atoms with van der Waals surface area (Å²) in [5.41, 5.74) is 6.33. The molecule has 7 nitrogen and oxygen atoms in total. The van der Waals surface area contributed by atoms with Gasteiger partial charge in [0.05, 0.1) is 5.69 Å². The fraction of sp³-hybridized carbons (Fsp3) is 0.125. The minimum atomic E-state index is -1.14. The molecular weight excluding hydrogens is 300 g/mol. The number of esters is 1. The Morgan fingerprint density at radius 1 is 1.09 bits per heavy atom. The van der Waals surface area contributed by atoms with Gasteiger partial charge in [-0.25, -0.2) is 9.86 Å². The molecule has 0 aliphatic carbocycles. The molecule has 0 aliphatic heterocycles. The lowest BCUT2D eigenvalue weighted by Gasteiger charge is -2.15. The van der Waals surface area contributed by atoms with Crippen molar-refractivity contribution < 1.29 is 24.6 Å². The van der Waals surface area contributed by atoms with Gasteiger partial charge in [0.1, 0.15) is 18.3 Å². The van der Waals surface area contributed by atoms with E-state index < -0.39 is 18.0 Å². The van der Waals surface area contributed by atoms with Crippen molar-refractivity contribution >= 4 is 17.6 Å². The van der Waals surface area contributed by atoms with Gasteiger partial charge in [-0.1, -0.05) is 30.3 Å². The molecule has 2 aromatic carbocycles. The van der Waals surface area contributed by atoms with E-state index >= 15 is 0 Å². The van der Waals surface area contributed by atoms with Crippen LogP contribution in [0.2, 0.25) is 0 Å². The van der Waals surface area contributed by atoms with Crippen LogP contribution in [0.3, 0.4) is 0 Å². The molecule has 0 fully saturated rings. The first kappa shape index (κ1) is 16.5. The summed E-state index contributed by atoms with van der Waals surface area (Å²) in [7, 11) is 0. The molecule has 1 atom stereocenters. The summed E-state index contributed by atoms with van der Waals surface area (Å²) in [5, 5.41) is 19.4. The van der Waals surface area contributed by atoms with Crippen molar-refractivity contribution in [1.82, 2.24) is 0 Å². The van der Waals surface area contributed by atoms with E-state index in [4.69, 9.17) is 15.6 Å². The second kappa shape index (κ2) is 7.39. The maximum Gasteiger partial charge on any atom is 0.333 e. The molecule has 0 amide bonds. The van der Waals surface area contributed by atoms with Crippen molar-refractivity contribution in [2.24, 2.45) is 5.73 Å². The monoisotopic (exact) mass is 316 g/mol. The number of hydrogen-bond acceptors (Lipinski definition) is 6. The van der Waals surface area contributed by atoms with Gasteiger partial charge >= 0.3 is 11.9 Å². The Labute approximate surface area is 132 Å². The molecule has 0 saturated heterocycles. The number of nitrogens with zero attached hydrogens (tertiary/aromatic N) is 1. The van der Waals surface area contributed by atoms with Crippen LogP contribution in [-0.2, 0) is 9.59 Å². The van der Waals surface area contributed by atoms with Gasteiger partial charge in [0.2, 0.25) is 0 Å². The van der Waals surface area contributed by atoms with Gasteiger partial charge in [0.25, 0.3) is 0 Å². The van der Waals surface area contributed by atoms with Gasteiger partial charge in [0.15, 0.2) is 0 Å². The topological polar surface area (TPSA) is 113 Å². The van der Waals surface area contributed by atoms with Crippen LogP contribution in [-0.4, -0.2) is 28.8 Å². The van der Waals surface area contributed by atoms with Crippen molar-refractivity contribution in [2.75, 3.05) is 11.6 Å². The molecule has 120 valence electrons. The molecule has 0 aromatic heterocycles. The van der Waals surface area contributed by atoms with Crippen LogP contribution < -0.4 is 15.5 Å². The number of nitrogens with two attached hydrogens (primary N) is 1. The third-order valence-corrected chi connectivity index (χ3v) is 3.07. The third kappa shape index (κ3) is 4.53. The quantitative estimate of drug-likeness (QED) is 0.421. The number of carbonyl (C=O) groups is 2. The molecule has 2 aromatic rings. The number of aliphatic carboxylic acids is 1. The van der Waals surface area contributed by atoms with Gasteiger partial charge in [-0.15, -0.1) is 0 Å². The lowest BCUT2D eigenvalue weighted by atomic mass is 10.1. The zero-order valence-corrected chi connectivity index (χ0v) is 12.1. The molecule has 7 heteroatoms. The number of carboxylic acid groups (broad SMARTS) is 1. The van der Waals surface area contributed by atoms with Crippen molar-refractivity contribution in [1.29, 1.82) is 0 Å². The van der Waals surface area contributed by atoms with Crippen LogP contribution in [0.1, 0.15) is 11.6 Å². The van der Waals surface area contributed by atoms with Gasteiger partial charge < -0.3 is 15.6 Å². The summed E-state index contributed by atoms with van der Waals surface area (Å²) in [5.74, 6) is -1.57. The van der Waals surface area contributed by atoms with Gasteiger partial charge in [-0.05, 0) is 29.8 Å². The number of para-hydroxylation sites is 1. The minimum Gasteiger partial charge on any atom is -0.480 e. The average molecular weight is 316 g/mol. The van der Waals surface area contributed by atoms with E-state index in [1.165, 1.54) is 24.3 Å². The highest BCUT2D eigenvalue weighted by atomic mass is 16.6. The first-order valence-electron chi connectivity index (χ1n) is 6.78. The van der Waals surface area contributed by atoms with E-state index in [1.807, 2.05) is 0 Å². The first-order chi connectivity index (χ1) is 11.0. The summed E-state index contributed by atoms with van der Waals surface area (Å²) in [4.78, 5) is 22.6. The van der Waals surface area contributed by atoms with E-state index in [1.54, 1.807) is 30.3 Å². The number of ether oxygens (including phenoxy) is 1. The Balaban J connectivity index is 1.94. The SMILES string of the molecule is NC(C(=O)O)c1ccc(OC(=O)CN(O)c2ccccc2)cc1. The number of hydrogen-bond donors (Lipinski definition) is 3. The van der Waals surface area contributed by atoms with E-state index in [2.05, 4.69) is 0 Å². The van der Waals surface area contributed by atoms with Crippen LogP contribution in [0.25, 0.3) is 0 Å². The highest BCUT2D eigenvalue weighted by Crippen LogP contribution is 2.17. The van der Waals surface area contributed by atoms with Crippen molar-refractivity contribution in [3.63, 3.8) is 0 Å². The number of anilines is 1. The standard InChI is InChI=1S/C16H16N2O5/c17-15(16(20)21)11-6-8-13(9-7-11)23-14(19)10-18(22)12-4-2-1-3-5-12/h1-9,15,22H,10,17H2,(H,20,21). The van der Waals surface area contributed by atoms with Crippen LogP contribution in [0.5, 0.6) is 5.75 Å². The minimum absolute atomic E-state index is 0.234. The highest BCUT2D eigenvalue weighted by molar-refractivity contribution is 5.78. The van der Waals surface area contributed by atoms with Crippen LogP contribution >= 0.6 is 0 Å². The Bertz CT molecular complexity index is 673. The highest BCUT2D eigenvalue weighted by Gasteiger charge is 2.15. The molecule has 4 N–H and O–H groups in total. The van der Waals surface area contributed by atoms with Crippen LogP contribution in [0.4, 0.5) is 5.69 Å². The summed E-state index contributed by atoms with van der Waals surface area (Å²) >= 11 is 0. The molecule has 1 unspecified atom stereocenters. The number of rotatable bonds is 6. The fourth-order valence-electron chi connectivity index (χ4n) is 1.86. The summed E-state index contributed by atoms with van der Waals surface area (Å²) in [6.07, 6.45) is 0.